The maximum absolute atomic E-state index is 11.5. The number of aromatic carboxylic acids is 1. The second-order valence-corrected chi connectivity index (χ2v) is 4.50. The summed E-state index contributed by atoms with van der Waals surface area (Å²) in [4.78, 5) is 12.7. The van der Waals surface area contributed by atoms with Crippen LogP contribution in [-0.4, -0.2) is 48.8 Å². The number of hydrazine groups is 1. The highest BCUT2D eigenvalue weighted by Crippen LogP contribution is 2.11. The Morgan fingerprint density at radius 2 is 2.20 bits per heavy atom. The van der Waals surface area contributed by atoms with E-state index in [1.807, 2.05) is 0 Å². The van der Waals surface area contributed by atoms with Gasteiger partial charge < -0.3 is 5.11 Å². The molecule has 0 radical (unpaired) electrons. The van der Waals surface area contributed by atoms with Crippen LogP contribution in [0.2, 0.25) is 0 Å². The van der Waals surface area contributed by atoms with E-state index in [1.165, 1.54) is 19.1 Å². The van der Waals surface area contributed by atoms with Crippen molar-refractivity contribution in [2.24, 2.45) is 0 Å². The lowest BCUT2D eigenvalue weighted by Crippen LogP contribution is -2.36. The molecule has 0 amide bonds. The molecule has 0 aliphatic carbocycles. The van der Waals surface area contributed by atoms with E-state index in [0.717, 1.165) is 6.20 Å². The van der Waals surface area contributed by atoms with Crippen molar-refractivity contribution >= 4 is 16.0 Å². The van der Waals surface area contributed by atoms with Gasteiger partial charge in [-0.1, -0.05) is 0 Å². The molecule has 0 saturated heterocycles. The highest BCUT2D eigenvalue weighted by atomic mass is 32.2. The fourth-order valence-electron chi connectivity index (χ4n) is 0.917. The molecule has 0 aromatic carbocycles. The largest absolute Gasteiger partial charge is 0.478 e. The summed E-state index contributed by atoms with van der Waals surface area (Å²) in [7, 11) is -0.982. The SMILES string of the molecule is CN(C)NS(=O)(=O)c1[nH]ncc1C(=O)O. The van der Waals surface area contributed by atoms with Crippen LogP contribution in [0.25, 0.3) is 0 Å². The number of hydrogen-bond donors (Lipinski definition) is 3. The molecule has 9 heteroatoms. The Balaban J connectivity index is 3.16. The Bertz CT molecular complexity index is 463. The number of H-pyrrole nitrogens is 1. The van der Waals surface area contributed by atoms with E-state index < -0.39 is 26.6 Å². The van der Waals surface area contributed by atoms with Gasteiger partial charge in [0.25, 0.3) is 10.0 Å². The van der Waals surface area contributed by atoms with Crippen LogP contribution >= 0.6 is 0 Å². The molecule has 8 nitrogen and oxygen atoms in total. The Hall–Kier alpha value is -1.45. The summed E-state index contributed by atoms with van der Waals surface area (Å²) in [6, 6.07) is 0. The number of aromatic nitrogens is 2. The van der Waals surface area contributed by atoms with E-state index in [-0.39, 0.29) is 0 Å². The third-order valence-corrected chi connectivity index (χ3v) is 2.86. The van der Waals surface area contributed by atoms with Gasteiger partial charge in [0.15, 0.2) is 5.03 Å². The molecule has 3 N–H and O–H groups in total. The molecule has 0 saturated carbocycles. The van der Waals surface area contributed by atoms with Crippen molar-refractivity contribution in [3.63, 3.8) is 0 Å². The smallest absolute Gasteiger partial charge is 0.340 e. The third-order valence-electron chi connectivity index (χ3n) is 1.41. The molecule has 0 fully saturated rings. The number of nitrogens with one attached hydrogen (secondary N) is 2. The molecule has 0 atom stereocenters. The summed E-state index contributed by atoms with van der Waals surface area (Å²) >= 11 is 0. The van der Waals surface area contributed by atoms with E-state index in [4.69, 9.17) is 5.11 Å². The molecule has 15 heavy (non-hydrogen) atoms. The minimum absolute atomic E-state index is 0.399. The topological polar surface area (TPSA) is 115 Å². The first kappa shape index (κ1) is 11.6. The van der Waals surface area contributed by atoms with Crippen LogP contribution in [0.1, 0.15) is 10.4 Å². The fraction of sp³-hybridized carbons (Fsp3) is 0.333. The van der Waals surface area contributed by atoms with Gasteiger partial charge in [0.2, 0.25) is 0 Å². The first-order chi connectivity index (χ1) is 6.84. The molecule has 1 heterocycles. The number of carboxylic acid groups (broad SMARTS) is 1. The summed E-state index contributed by atoms with van der Waals surface area (Å²) in [6.07, 6.45) is 0.937. The number of hydrogen-bond acceptors (Lipinski definition) is 5. The van der Waals surface area contributed by atoms with Gasteiger partial charge in [0, 0.05) is 14.1 Å². The lowest BCUT2D eigenvalue weighted by molar-refractivity contribution is 0.0692. The number of sulfonamides is 1. The molecule has 0 aliphatic rings. The van der Waals surface area contributed by atoms with Crippen LogP contribution in [0, 0.1) is 0 Å². The molecule has 0 aliphatic heterocycles. The van der Waals surface area contributed by atoms with Gasteiger partial charge in [-0.2, -0.15) is 5.10 Å². The molecule has 0 bridgehead atoms. The van der Waals surface area contributed by atoms with Crippen molar-refractivity contribution in [1.82, 2.24) is 20.0 Å². The minimum Gasteiger partial charge on any atom is -0.478 e. The quantitative estimate of drug-likeness (QED) is 0.567. The van der Waals surface area contributed by atoms with E-state index in [1.54, 1.807) is 0 Å². The zero-order chi connectivity index (χ0) is 11.6. The molecule has 84 valence electrons. The van der Waals surface area contributed by atoms with Crippen molar-refractivity contribution in [2.75, 3.05) is 14.1 Å². The zero-order valence-corrected chi connectivity index (χ0v) is 8.87. The number of aromatic amines is 1. The van der Waals surface area contributed by atoms with Gasteiger partial charge in [-0.25, -0.2) is 18.2 Å². The van der Waals surface area contributed by atoms with Crippen LogP contribution in [0.15, 0.2) is 11.2 Å². The summed E-state index contributed by atoms with van der Waals surface area (Å²) in [5.74, 6) is -1.36. The van der Waals surface area contributed by atoms with Crippen molar-refractivity contribution in [1.29, 1.82) is 0 Å². The normalized spacial score (nSPS) is 11.9. The summed E-state index contributed by atoms with van der Waals surface area (Å²) < 4.78 is 23.1. The average Bonchev–Trinajstić information content (AvgIpc) is 2.48. The Labute approximate surface area is 85.9 Å². The van der Waals surface area contributed by atoms with Gasteiger partial charge in [0.05, 0.1) is 6.20 Å². The second-order valence-electron chi connectivity index (χ2n) is 2.91. The van der Waals surface area contributed by atoms with Crippen LogP contribution in [-0.2, 0) is 10.0 Å². The molecule has 1 aromatic heterocycles. The van der Waals surface area contributed by atoms with Gasteiger partial charge in [-0.3, -0.25) is 5.10 Å². The second kappa shape index (κ2) is 3.96. The monoisotopic (exact) mass is 234 g/mol. The van der Waals surface area contributed by atoms with E-state index >= 15 is 0 Å². The Morgan fingerprint density at radius 1 is 1.60 bits per heavy atom. The summed E-state index contributed by atoms with van der Waals surface area (Å²) in [5, 5.41) is 14.9. The highest BCUT2D eigenvalue weighted by molar-refractivity contribution is 7.89. The predicted octanol–water partition coefficient (Wildman–Crippen LogP) is -1.14. The van der Waals surface area contributed by atoms with Gasteiger partial charge in [-0.15, -0.1) is 4.83 Å². The van der Waals surface area contributed by atoms with Gasteiger partial charge in [-0.05, 0) is 0 Å². The Kier molecular flexibility index (Phi) is 3.07. The number of rotatable bonds is 4. The first-order valence-corrected chi connectivity index (χ1v) is 5.29. The fourth-order valence-corrected chi connectivity index (χ4v) is 2.09. The van der Waals surface area contributed by atoms with Gasteiger partial charge in [0.1, 0.15) is 5.56 Å². The average molecular weight is 234 g/mol. The standard InChI is InChI=1S/C6H10N4O4S/c1-10(2)9-15(13,14)5-4(6(11)12)3-7-8-5/h3,9H,1-2H3,(H,7,8)(H,11,12). The molecular formula is C6H10N4O4S. The number of nitrogens with zero attached hydrogens (tertiary/aromatic N) is 2. The molecule has 0 unspecified atom stereocenters. The van der Waals surface area contributed by atoms with Crippen LogP contribution in [0.3, 0.4) is 0 Å². The van der Waals surface area contributed by atoms with Crippen LogP contribution in [0.5, 0.6) is 0 Å². The Morgan fingerprint density at radius 3 is 2.67 bits per heavy atom. The lowest BCUT2D eigenvalue weighted by Gasteiger charge is -2.11. The van der Waals surface area contributed by atoms with Crippen molar-refractivity contribution in [3.8, 4) is 0 Å². The maximum Gasteiger partial charge on any atom is 0.340 e. The lowest BCUT2D eigenvalue weighted by atomic mass is 10.4. The minimum atomic E-state index is -3.91. The van der Waals surface area contributed by atoms with E-state index in [0.29, 0.717) is 0 Å². The molecule has 0 spiro atoms. The highest BCUT2D eigenvalue weighted by Gasteiger charge is 2.24. The van der Waals surface area contributed by atoms with Crippen molar-refractivity contribution in [3.05, 3.63) is 11.8 Å². The van der Waals surface area contributed by atoms with Gasteiger partial charge >= 0.3 is 5.97 Å². The van der Waals surface area contributed by atoms with E-state index in [9.17, 15) is 13.2 Å². The van der Waals surface area contributed by atoms with Crippen LogP contribution in [0.4, 0.5) is 0 Å². The maximum atomic E-state index is 11.5. The first-order valence-electron chi connectivity index (χ1n) is 3.81. The molecular weight excluding hydrogens is 224 g/mol. The zero-order valence-electron chi connectivity index (χ0n) is 8.05. The summed E-state index contributed by atoms with van der Waals surface area (Å²) in [5.41, 5.74) is -0.399. The number of carbonyl (C=O) groups is 1. The number of carboxylic acids is 1. The van der Waals surface area contributed by atoms with Crippen molar-refractivity contribution < 1.29 is 18.3 Å². The summed E-state index contributed by atoms with van der Waals surface area (Å²) in [6.45, 7) is 0. The van der Waals surface area contributed by atoms with Crippen LogP contribution < -0.4 is 4.83 Å². The molecule has 1 rings (SSSR count). The van der Waals surface area contributed by atoms with Crippen molar-refractivity contribution in [2.45, 2.75) is 5.03 Å². The van der Waals surface area contributed by atoms with E-state index in [2.05, 4.69) is 15.0 Å². The molecule has 1 aromatic rings. The predicted molar refractivity (Wildman–Crippen MR) is 49.6 cm³/mol. The third kappa shape index (κ3) is 2.52.